The molecule has 0 saturated heterocycles. The molecule has 1 aliphatic rings. The summed E-state index contributed by atoms with van der Waals surface area (Å²) in [5, 5.41) is 13.3. The van der Waals surface area contributed by atoms with E-state index >= 15 is 0 Å². The van der Waals surface area contributed by atoms with E-state index in [0.717, 1.165) is 21.6 Å². The standard InChI is InChI=1S/C33H20N2O6S/c36-31-24-9-6-23(33(38)39)14-25(24)32(37)35(31)27-16-22(8-11-29(27)40-17-19-12-13-42-18-19)30-34-26-15-21(7-10-28(26)41-30)20-4-2-1-3-5-20/h1-16,18H,17H2,(H,38,39). The molecule has 0 saturated carbocycles. The minimum Gasteiger partial charge on any atom is -0.487 e. The third-order valence-corrected chi connectivity index (χ3v) is 7.78. The molecule has 0 radical (unpaired) electrons. The quantitative estimate of drug-likeness (QED) is 0.200. The summed E-state index contributed by atoms with van der Waals surface area (Å²) in [5.41, 5.74) is 5.03. The number of oxazole rings is 1. The Bertz CT molecular complexity index is 2010. The van der Waals surface area contributed by atoms with E-state index in [1.54, 1.807) is 18.2 Å². The normalized spacial score (nSPS) is 12.6. The van der Waals surface area contributed by atoms with Crippen LogP contribution in [0.1, 0.15) is 36.6 Å². The Labute approximate surface area is 243 Å². The molecule has 3 heterocycles. The number of aromatic nitrogens is 1. The van der Waals surface area contributed by atoms with Crippen molar-refractivity contribution in [1.29, 1.82) is 0 Å². The molecule has 7 rings (SSSR count). The Balaban J connectivity index is 1.30. The van der Waals surface area contributed by atoms with Crippen molar-refractivity contribution in [2.24, 2.45) is 0 Å². The van der Waals surface area contributed by atoms with E-state index in [9.17, 15) is 19.5 Å². The molecule has 0 bridgehead atoms. The molecule has 1 aliphatic heterocycles. The fraction of sp³-hybridized carbons (Fsp3) is 0.0303. The average molecular weight is 573 g/mol. The molecule has 9 heteroatoms. The summed E-state index contributed by atoms with van der Waals surface area (Å²) in [6.45, 7) is 0.229. The summed E-state index contributed by atoms with van der Waals surface area (Å²) < 4.78 is 12.2. The first-order valence-corrected chi connectivity index (χ1v) is 13.9. The number of imide groups is 1. The van der Waals surface area contributed by atoms with Gasteiger partial charge in [-0.2, -0.15) is 11.3 Å². The lowest BCUT2D eigenvalue weighted by atomic mass is 10.1. The number of fused-ring (bicyclic) bond motifs is 2. The van der Waals surface area contributed by atoms with Crippen molar-refractivity contribution in [3.63, 3.8) is 0 Å². The Morgan fingerprint density at radius 3 is 2.45 bits per heavy atom. The number of carbonyl (C=O) groups is 3. The van der Waals surface area contributed by atoms with Crippen molar-refractivity contribution in [3.05, 3.63) is 124 Å². The van der Waals surface area contributed by atoms with Gasteiger partial charge in [-0.3, -0.25) is 9.59 Å². The van der Waals surface area contributed by atoms with Crippen LogP contribution in [0.2, 0.25) is 0 Å². The molecule has 42 heavy (non-hydrogen) atoms. The van der Waals surface area contributed by atoms with Crippen molar-refractivity contribution in [2.45, 2.75) is 6.61 Å². The van der Waals surface area contributed by atoms with Gasteiger partial charge in [0, 0.05) is 5.56 Å². The number of hydrogen-bond donors (Lipinski definition) is 1. The first kappa shape index (κ1) is 25.4. The average Bonchev–Trinajstić information content (AvgIpc) is 3.75. The van der Waals surface area contributed by atoms with Crippen molar-refractivity contribution < 1.29 is 28.6 Å². The lowest BCUT2D eigenvalue weighted by Crippen LogP contribution is -2.30. The van der Waals surface area contributed by atoms with Crippen LogP contribution in [0, 0.1) is 0 Å². The van der Waals surface area contributed by atoms with Gasteiger partial charge in [-0.1, -0.05) is 36.4 Å². The van der Waals surface area contributed by atoms with E-state index in [1.807, 2.05) is 65.4 Å². The van der Waals surface area contributed by atoms with E-state index in [-0.39, 0.29) is 29.0 Å². The summed E-state index contributed by atoms with van der Waals surface area (Å²) in [7, 11) is 0. The molecule has 204 valence electrons. The Morgan fingerprint density at radius 2 is 1.67 bits per heavy atom. The molecular weight excluding hydrogens is 552 g/mol. The van der Waals surface area contributed by atoms with Crippen molar-refractivity contribution >= 4 is 45.9 Å². The van der Waals surface area contributed by atoms with Gasteiger partial charge in [0.05, 0.1) is 22.4 Å². The number of ether oxygens (including phenoxy) is 1. The van der Waals surface area contributed by atoms with Gasteiger partial charge in [0.15, 0.2) is 5.58 Å². The highest BCUT2D eigenvalue weighted by Gasteiger charge is 2.39. The fourth-order valence-electron chi connectivity index (χ4n) is 4.94. The highest BCUT2D eigenvalue weighted by atomic mass is 32.1. The van der Waals surface area contributed by atoms with E-state index < -0.39 is 17.8 Å². The molecule has 0 atom stereocenters. The molecule has 2 aromatic heterocycles. The molecule has 6 aromatic rings. The van der Waals surface area contributed by atoms with Gasteiger partial charge in [-0.15, -0.1) is 0 Å². The topological polar surface area (TPSA) is 110 Å². The van der Waals surface area contributed by atoms with E-state index in [4.69, 9.17) is 14.1 Å². The summed E-state index contributed by atoms with van der Waals surface area (Å²) >= 11 is 1.53. The van der Waals surface area contributed by atoms with Crippen LogP contribution in [0.4, 0.5) is 5.69 Å². The third-order valence-electron chi connectivity index (χ3n) is 7.05. The van der Waals surface area contributed by atoms with Gasteiger partial charge in [-0.05, 0) is 82.0 Å². The van der Waals surface area contributed by atoms with Crippen LogP contribution in [0.3, 0.4) is 0 Å². The summed E-state index contributed by atoms with van der Waals surface area (Å²) in [6, 6.07) is 26.6. The number of carboxylic acids is 1. The van der Waals surface area contributed by atoms with Crippen molar-refractivity contribution in [2.75, 3.05) is 4.90 Å². The van der Waals surface area contributed by atoms with Crippen LogP contribution in [0.5, 0.6) is 5.75 Å². The van der Waals surface area contributed by atoms with Crippen LogP contribution in [-0.4, -0.2) is 27.9 Å². The second kappa shape index (κ2) is 10.1. The van der Waals surface area contributed by atoms with Crippen LogP contribution in [0.25, 0.3) is 33.7 Å². The lowest BCUT2D eigenvalue weighted by Gasteiger charge is -2.19. The number of nitrogens with zero attached hydrogens (tertiary/aromatic N) is 2. The van der Waals surface area contributed by atoms with Crippen molar-refractivity contribution in [1.82, 2.24) is 4.98 Å². The molecule has 2 amide bonds. The number of benzene rings is 4. The van der Waals surface area contributed by atoms with Crippen molar-refractivity contribution in [3.8, 4) is 28.3 Å². The van der Waals surface area contributed by atoms with Gasteiger partial charge in [0.1, 0.15) is 17.9 Å². The van der Waals surface area contributed by atoms with Gasteiger partial charge < -0.3 is 14.3 Å². The zero-order chi connectivity index (χ0) is 28.8. The number of hydrogen-bond acceptors (Lipinski definition) is 7. The SMILES string of the molecule is O=C(O)c1ccc2c(c1)C(=O)N(c1cc(-c3nc4cc(-c5ccccc5)ccc4o3)ccc1OCc1ccsc1)C2=O. The minimum absolute atomic E-state index is 0.0180. The Morgan fingerprint density at radius 1 is 0.857 bits per heavy atom. The first-order chi connectivity index (χ1) is 20.5. The molecule has 0 aliphatic carbocycles. The van der Waals surface area contributed by atoms with Crippen LogP contribution < -0.4 is 9.64 Å². The summed E-state index contributed by atoms with van der Waals surface area (Å²) in [4.78, 5) is 44.3. The Kier molecular flexibility index (Phi) is 6.14. The number of aromatic carboxylic acids is 1. The number of carboxylic acid groups (broad SMARTS) is 1. The fourth-order valence-corrected chi connectivity index (χ4v) is 5.59. The van der Waals surface area contributed by atoms with Gasteiger partial charge in [0.2, 0.25) is 5.89 Å². The van der Waals surface area contributed by atoms with E-state index in [2.05, 4.69) is 0 Å². The summed E-state index contributed by atoms with van der Waals surface area (Å²) in [5.74, 6) is -1.79. The first-order valence-electron chi connectivity index (χ1n) is 13.0. The van der Waals surface area contributed by atoms with E-state index in [0.29, 0.717) is 28.3 Å². The molecule has 0 spiro atoms. The number of thiophene rings is 1. The molecule has 0 fully saturated rings. The predicted molar refractivity (Wildman–Crippen MR) is 158 cm³/mol. The van der Waals surface area contributed by atoms with Gasteiger partial charge >= 0.3 is 5.97 Å². The lowest BCUT2D eigenvalue weighted by molar-refractivity contribution is 0.0696. The molecule has 4 aromatic carbocycles. The highest BCUT2D eigenvalue weighted by Crippen LogP contribution is 2.39. The third kappa shape index (κ3) is 4.42. The summed E-state index contributed by atoms with van der Waals surface area (Å²) in [6.07, 6.45) is 0. The molecular formula is C33H20N2O6S. The van der Waals surface area contributed by atoms with Gasteiger partial charge in [0.25, 0.3) is 11.8 Å². The van der Waals surface area contributed by atoms with Crippen LogP contribution in [-0.2, 0) is 6.61 Å². The largest absolute Gasteiger partial charge is 0.487 e. The number of carbonyl (C=O) groups excluding carboxylic acids is 2. The molecule has 1 N–H and O–H groups in total. The number of amides is 2. The maximum atomic E-state index is 13.5. The maximum absolute atomic E-state index is 13.5. The van der Waals surface area contributed by atoms with E-state index in [1.165, 1.54) is 29.5 Å². The predicted octanol–water partition coefficient (Wildman–Crippen LogP) is 7.30. The maximum Gasteiger partial charge on any atom is 0.335 e. The molecule has 0 unspecified atom stereocenters. The van der Waals surface area contributed by atoms with Crippen LogP contribution >= 0.6 is 11.3 Å². The Hall–Kier alpha value is -5.54. The van der Waals surface area contributed by atoms with Crippen LogP contribution in [0.15, 0.2) is 106 Å². The smallest absolute Gasteiger partial charge is 0.335 e. The molecule has 8 nitrogen and oxygen atoms in total. The number of anilines is 1. The number of rotatable bonds is 7. The zero-order valence-electron chi connectivity index (χ0n) is 21.8. The second-order valence-corrected chi connectivity index (χ2v) is 10.5. The monoisotopic (exact) mass is 572 g/mol. The minimum atomic E-state index is -1.19. The highest BCUT2D eigenvalue weighted by molar-refractivity contribution is 7.07. The second-order valence-electron chi connectivity index (χ2n) is 9.68. The zero-order valence-corrected chi connectivity index (χ0v) is 22.6. The van der Waals surface area contributed by atoms with Gasteiger partial charge in [-0.25, -0.2) is 14.7 Å².